The van der Waals surface area contributed by atoms with Gasteiger partial charge in [-0.3, -0.25) is 4.68 Å². The summed E-state index contributed by atoms with van der Waals surface area (Å²) in [6.07, 6.45) is 6.05. The fraction of sp³-hybridized carbons (Fsp3) is 0.500. The number of nitrogens with one attached hydrogen (secondary N) is 1. The molecule has 0 aliphatic heterocycles. The van der Waals surface area contributed by atoms with Crippen LogP contribution in [0.2, 0.25) is 0 Å². The molecule has 0 aliphatic rings. The van der Waals surface area contributed by atoms with Crippen molar-refractivity contribution in [1.29, 1.82) is 0 Å². The number of nitrogens with zero attached hydrogens (tertiary/aromatic N) is 2. The van der Waals surface area contributed by atoms with Crippen molar-refractivity contribution < 1.29 is 0 Å². The van der Waals surface area contributed by atoms with Crippen LogP contribution in [0.5, 0.6) is 0 Å². The first-order valence-corrected chi connectivity index (χ1v) is 4.65. The highest BCUT2D eigenvalue weighted by Crippen LogP contribution is 2.02. The van der Waals surface area contributed by atoms with E-state index in [-0.39, 0.29) is 0 Å². The lowest BCUT2D eigenvalue weighted by Crippen LogP contribution is -2.17. The lowest BCUT2D eigenvalue weighted by Gasteiger charge is -2.03. The number of aromatic nitrogens is 2. The Kier molecular flexibility index (Phi) is 3.71. The van der Waals surface area contributed by atoms with Gasteiger partial charge in [0.05, 0.1) is 5.69 Å². The molecule has 3 heteroatoms. The molecule has 1 aromatic rings. The molecule has 0 radical (unpaired) electrons. The first kappa shape index (κ1) is 9.99. The molecule has 1 atom stereocenters. The molecule has 0 spiro atoms. The third-order valence-electron chi connectivity index (χ3n) is 2.06. The van der Waals surface area contributed by atoms with Crippen molar-refractivity contribution in [2.75, 3.05) is 7.05 Å². The Morgan fingerprint density at radius 3 is 3.08 bits per heavy atom. The molecule has 3 nitrogen and oxygen atoms in total. The fourth-order valence-electron chi connectivity index (χ4n) is 1.09. The molecule has 0 bridgehead atoms. The minimum Gasteiger partial charge on any atom is -0.314 e. The lowest BCUT2D eigenvalue weighted by atomic mass is 10.3. The predicted molar refractivity (Wildman–Crippen MR) is 55.5 cm³/mol. The molecule has 0 aliphatic carbocycles. The zero-order valence-electron chi connectivity index (χ0n) is 8.49. The molecule has 1 rings (SSSR count). The van der Waals surface area contributed by atoms with Gasteiger partial charge < -0.3 is 5.32 Å². The van der Waals surface area contributed by atoms with Gasteiger partial charge in [0.2, 0.25) is 0 Å². The molecule has 0 saturated heterocycles. The van der Waals surface area contributed by atoms with Crippen LogP contribution in [0.1, 0.15) is 19.5 Å². The summed E-state index contributed by atoms with van der Waals surface area (Å²) in [6, 6.07) is 2.42. The Balaban J connectivity index is 2.67. The van der Waals surface area contributed by atoms with Gasteiger partial charge in [-0.1, -0.05) is 6.08 Å². The number of hydrogen-bond donors (Lipinski definition) is 1. The van der Waals surface area contributed by atoms with E-state index in [0.717, 1.165) is 12.2 Å². The average Bonchev–Trinajstić information content (AvgIpc) is 2.61. The van der Waals surface area contributed by atoms with Crippen LogP contribution in [0.3, 0.4) is 0 Å². The van der Waals surface area contributed by atoms with Crippen molar-refractivity contribution in [3.8, 4) is 0 Å². The van der Waals surface area contributed by atoms with E-state index in [4.69, 9.17) is 0 Å². The van der Waals surface area contributed by atoms with Gasteiger partial charge in [0.15, 0.2) is 0 Å². The minimum atomic E-state index is 0.403. The summed E-state index contributed by atoms with van der Waals surface area (Å²) in [6.45, 7) is 5.12. The topological polar surface area (TPSA) is 29.9 Å². The van der Waals surface area contributed by atoms with Gasteiger partial charge in [-0.2, -0.15) is 5.10 Å². The SMILES string of the molecule is CCn1nccc1/C=C/C(C)NC. The van der Waals surface area contributed by atoms with Crippen molar-refractivity contribution in [3.63, 3.8) is 0 Å². The average molecular weight is 179 g/mol. The first-order valence-electron chi connectivity index (χ1n) is 4.65. The van der Waals surface area contributed by atoms with Gasteiger partial charge in [-0.15, -0.1) is 0 Å². The fourth-order valence-corrected chi connectivity index (χ4v) is 1.09. The molecule has 13 heavy (non-hydrogen) atoms. The molecule has 72 valence electrons. The summed E-state index contributed by atoms with van der Waals surface area (Å²) in [5.74, 6) is 0. The molecule has 1 unspecified atom stereocenters. The van der Waals surface area contributed by atoms with Crippen molar-refractivity contribution in [3.05, 3.63) is 24.0 Å². The quantitative estimate of drug-likeness (QED) is 0.759. The highest BCUT2D eigenvalue weighted by atomic mass is 15.3. The normalized spacial score (nSPS) is 13.8. The molecule has 1 heterocycles. The number of rotatable bonds is 4. The first-order chi connectivity index (χ1) is 6.27. The molecule has 1 N–H and O–H groups in total. The van der Waals surface area contributed by atoms with Crippen LogP contribution >= 0.6 is 0 Å². The summed E-state index contributed by atoms with van der Waals surface area (Å²) in [5, 5.41) is 7.33. The standard InChI is InChI=1S/C10H17N3/c1-4-13-10(7-8-12-13)6-5-9(2)11-3/h5-9,11H,4H2,1-3H3/b6-5+. The Morgan fingerprint density at radius 2 is 2.46 bits per heavy atom. The maximum absolute atomic E-state index is 4.18. The number of aryl methyl sites for hydroxylation is 1. The van der Waals surface area contributed by atoms with E-state index in [1.165, 1.54) is 0 Å². The molecular weight excluding hydrogens is 162 g/mol. The van der Waals surface area contributed by atoms with Gasteiger partial charge in [-0.25, -0.2) is 0 Å². The molecule has 1 aromatic heterocycles. The number of likely N-dealkylation sites (N-methyl/N-ethyl adjacent to an activating group) is 1. The van der Waals surface area contributed by atoms with E-state index in [9.17, 15) is 0 Å². The molecular formula is C10H17N3. The van der Waals surface area contributed by atoms with Crippen LogP contribution in [-0.4, -0.2) is 22.9 Å². The minimum absolute atomic E-state index is 0.403. The van der Waals surface area contributed by atoms with Crippen LogP contribution in [0.25, 0.3) is 6.08 Å². The van der Waals surface area contributed by atoms with E-state index in [1.54, 1.807) is 0 Å². The van der Waals surface area contributed by atoms with Gasteiger partial charge in [-0.05, 0) is 33.0 Å². The third-order valence-corrected chi connectivity index (χ3v) is 2.06. The smallest absolute Gasteiger partial charge is 0.0607 e. The Bertz CT molecular complexity index is 275. The van der Waals surface area contributed by atoms with E-state index in [1.807, 2.05) is 24.0 Å². The Hall–Kier alpha value is -1.09. The van der Waals surface area contributed by atoms with Crippen molar-refractivity contribution in [2.45, 2.75) is 26.4 Å². The largest absolute Gasteiger partial charge is 0.314 e. The van der Waals surface area contributed by atoms with E-state index < -0.39 is 0 Å². The molecule has 0 fully saturated rings. The van der Waals surface area contributed by atoms with Crippen LogP contribution in [0.4, 0.5) is 0 Å². The van der Waals surface area contributed by atoms with Crippen LogP contribution in [-0.2, 0) is 6.54 Å². The van der Waals surface area contributed by atoms with E-state index in [2.05, 4.69) is 36.4 Å². The summed E-state index contributed by atoms with van der Waals surface area (Å²) < 4.78 is 1.97. The zero-order chi connectivity index (χ0) is 9.68. The number of hydrogen-bond acceptors (Lipinski definition) is 2. The highest BCUT2D eigenvalue weighted by molar-refractivity contribution is 5.45. The van der Waals surface area contributed by atoms with Crippen molar-refractivity contribution in [2.24, 2.45) is 0 Å². The van der Waals surface area contributed by atoms with E-state index in [0.29, 0.717) is 6.04 Å². The van der Waals surface area contributed by atoms with Gasteiger partial charge >= 0.3 is 0 Å². The summed E-state index contributed by atoms with van der Waals surface area (Å²) in [7, 11) is 1.95. The van der Waals surface area contributed by atoms with Crippen LogP contribution < -0.4 is 5.32 Å². The van der Waals surface area contributed by atoms with Crippen molar-refractivity contribution >= 4 is 6.08 Å². The van der Waals surface area contributed by atoms with Crippen LogP contribution in [0.15, 0.2) is 18.3 Å². The molecule has 0 aromatic carbocycles. The zero-order valence-corrected chi connectivity index (χ0v) is 8.49. The highest BCUT2D eigenvalue weighted by Gasteiger charge is 1.95. The molecule has 0 saturated carbocycles. The summed E-state index contributed by atoms with van der Waals surface area (Å²) in [5.41, 5.74) is 1.16. The molecule has 0 amide bonds. The maximum Gasteiger partial charge on any atom is 0.0607 e. The van der Waals surface area contributed by atoms with Gasteiger partial charge in [0, 0.05) is 18.8 Å². The Labute approximate surface area is 79.5 Å². The monoisotopic (exact) mass is 179 g/mol. The second-order valence-corrected chi connectivity index (χ2v) is 3.01. The second-order valence-electron chi connectivity index (χ2n) is 3.01. The van der Waals surface area contributed by atoms with Crippen LogP contribution in [0, 0.1) is 0 Å². The Morgan fingerprint density at radius 1 is 1.69 bits per heavy atom. The van der Waals surface area contributed by atoms with Gasteiger partial charge in [0.1, 0.15) is 0 Å². The summed E-state index contributed by atoms with van der Waals surface area (Å²) >= 11 is 0. The second kappa shape index (κ2) is 4.82. The lowest BCUT2D eigenvalue weighted by molar-refractivity contribution is 0.653. The maximum atomic E-state index is 4.18. The summed E-state index contributed by atoms with van der Waals surface area (Å²) in [4.78, 5) is 0. The van der Waals surface area contributed by atoms with E-state index >= 15 is 0 Å². The predicted octanol–water partition coefficient (Wildman–Crippen LogP) is 1.52. The third kappa shape index (κ3) is 2.70. The van der Waals surface area contributed by atoms with Crippen molar-refractivity contribution in [1.82, 2.24) is 15.1 Å². The van der Waals surface area contributed by atoms with Gasteiger partial charge in [0.25, 0.3) is 0 Å².